The lowest BCUT2D eigenvalue weighted by Gasteiger charge is -2.13. The first-order valence-electron chi connectivity index (χ1n) is 3.55. The highest BCUT2D eigenvalue weighted by Gasteiger charge is 2.01. The summed E-state index contributed by atoms with van der Waals surface area (Å²) in [6.45, 7) is 2.79. The topological polar surface area (TPSA) is 16.1 Å². The maximum atomic E-state index is 4.72. The number of anilines is 1. The molecule has 0 saturated carbocycles. The van der Waals surface area contributed by atoms with Crippen LogP contribution < -0.4 is 4.90 Å². The van der Waals surface area contributed by atoms with Crippen LogP contribution in [0.1, 0.15) is 6.92 Å². The van der Waals surface area contributed by atoms with Crippen molar-refractivity contribution in [3.63, 3.8) is 0 Å². The first-order valence-corrected chi connectivity index (χ1v) is 4.76. The molecule has 1 heterocycles. The third-order valence-electron chi connectivity index (χ3n) is 1.40. The van der Waals surface area contributed by atoms with Crippen molar-refractivity contribution in [2.75, 3.05) is 11.4 Å². The molecule has 12 heavy (non-hydrogen) atoms. The summed E-state index contributed by atoms with van der Waals surface area (Å²) in [5.41, 5.74) is 2.63. The van der Waals surface area contributed by atoms with Crippen LogP contribution >= 0.6 is 28.1 Å². The Hall–Kier alpha value is -0.480. The van der Waals surface area contributed by atoms with Gasteiger partial charge >= 0.3 is 0 Å². The van der Waals surface area contributed by atoms with Crippen LogP contribution in [0, 0.1) is 0 Å². The molecule has 1 aromatic heterocycles. The molecule has 0 unspecified atom stereocenters. The van der Waals surface area contributed by atoms with Crippen LogP contribution in [0.25, 0.3) is 0 Å². The number of hydrogen-bond acceptors (Lipinski definition) is 2. The summed E-state index contributed by atoms with van der Waals surface area (Å²) in [5, 5.41) is 0. The van der Waals surface area contributed by atoms with Gasteiger partial charge in [-0.1, -0.05) is 18.3 Å². The van der Waals surface area contributed by atoms with Crippen LogP contribution in [0.5, 0.6) is 0 Å². The van der Waals surface area contributed by atoms with Gasteiger partial charge in [0.25, 0.3) is 0 Å². The fraction of sp³-hybridized carbons (Fsp3) is 0.250. The van der Waals surface area contributed by atoms with E-state index in [9.17, 15) is 0 Å². The fourth-order valence-corrected chi connectivity index (χ4v) is 1.38. The molecule has 0 spiro atoms. The van der Waals surface area contributed by atoms with Crippen molar-refractivity contribution in [1.82, 2.24) is 4.98 Å². The first kappa shape index (κ1) is 9.61. The number of hydrogen-bond donors (Lipinski definition) is 0. The second kappa shape index (κ2) is 4.52. The molecule has 1 radical (unpaired) electrons. The maximum absolute atomic E-state index is 4.72. The molecule has 0 saturated heterocycles. The first-order chi connectivity index (χ1) is 5.77. The Morgan fingerprint density at radius 2 is 2.42 bits per heavy atom. The number of nitrogens with zero attached hydrogens (tertiary/aromatic N) is 2. The molecule has 0 aliphatic rings. The normalized spacial score (nSPS) is 9.50. The summed E-state index contributed by atoms with van der Waals surface area (Å²) < 4.78 is 0.809. The zero-order valence-electron chi connectivity index (χ0n) is 6.62. The van der Waals surface area contributed by atoms with E-state index in [1.54, 1.807) is 4.90 Å². The summed E-state index contributed by atoms with van der Waals surface area (Å²) in [6.07, 6.45) is 0. The summed E-state index contributed by atoms with van der Waals surface area (Å²) in [5.74, 6) is 0.821. The Labute approximate surface area is 85.7 Å². The lowest BCUT2D eigenvalue weighted by Crippen LogP contribution is -2.20. The summed E-state index contributed by atoms with van der Waals surface area (Å²) in [6, 6.07) is 5.69. The molecular formula is C8H8BrN2S. The van der Waals surface area contributed by atoms with Crippen LogP contribution in [0.4, 0.5) is 5.82 Å². The molecule has 0 aliphatic carbocycles. The third kappa shape index (κ3) is 2.25. The van der Waals surface area contributed by atoms with Gasteiger partial charge in [-0.3, -0.25) is 0 Å². The zero-order chi connectivity index (χ0) is 8.97. The second-order valence-corrected chi connectivity index (χ2v) is 3.15. The van der Waals surface area contributed by atoms with Crippen molar-refractivity contribution in [3.05, 3.63) is 22.8 Å². The van der Waals surface area contributed by atoms with Crippen molar-refractivity contribution in [3.8, 4) is 0 Å². The number of thiocarbonyl (C=S) groups is 1. The van der Waals surface area contributed by atoms with E-state index in [1.807, 2.05) is 25.1 Å². The van der Waals surface area contributed by atoms with Gasteiger partial charge < -0.3 is 4.90 Å². The quantitative estimate of drug-likeness (QED) is 0.461. The average Bonchev–Trinajstić information content (AvgIpc) is 2.07. The summed E-state index contributed by atoms with van der Waals surface area (Å²) >= 11 is 8.01. The van der Waals surface area contributed by atoms with Crippen molar-refractivity contribution in [1.29, 1.82) is 0 Å². The van der Waals surface area contributed by atoms with E-state index in [0.717, 1.165) is 17.0 Å². The Kier molecular flexibility index (Phi) is 3.62. The molecular weight excluding hydrogens is 236 g/mol. The number of halogens is 1. The smallest absolute Gasteiger partial charge is 0.142 e. The van der Waals surface area contributed by atoms with E-state index >= 15 is 0 Å². The van der Waals surface area contributed by atoms with Crippen molar-refractivity contribution < 1.29 is 0 Å². The highest BCUT2D eigenvalue weighted by molar-refractivity contribution is 9.10. The monoisotopic (exact) mass is 243 g/mol. The van der Waals surface area contributed by atoms with Crippen molar-refractivity contribution >= 4 is 39.5 Å². The number of pyridine rings is 1. The molecule has 2 nitrogen and oxygen atoms in total. The standard InChI is InChI=1S/C8H8BrN2S/c1-2-11(6-12)8-5-3-4-7(9)10-8/h3-5H,2H2,1H3. The van der Waals surface area contributed by atoms with Crippen molar-refractivity contribution in [2.45, 2.75) is 6.92 Å². The predicted octanol–water partition coefficient (Wildman–Crippen LogP) is 2.50. The molecule has 0 fully saturated rings. The average molecular weight is 244 g/mol. The molecule has 0 aromatic carbocycles. The number of rotatable bonds is 3. The molecule has 63 valence electrons. The molecule has 0 aliphatic heterocycles. The van der Waals surface area contributed by atoms with Crippen LogP contribution in [0.15, 0.2) is 22.8 Å². The Bertz CT molecular complexity index is 278. The maximum Gasteiger partial charge on any atom is 0.142 e. The van der Waals surface area contributed by atoms with Gasteiger partial charge in [0.15, 0.2) is 0 Å². The van der Waals surface area contributed by atoms with E-state index in [1.165, 1.54) is 0 Å². The second-order valence-electron chi connectivity index (χ2n) is 2.15. The summed E-state index contributed by atoms with van der Waals surface area (Å²) in [7, 11) is 0. The van der Waals surface area contributed by atoms with Gasteiger partial charge in [-0.05, 0) is 35.0 Å². The largest absolute Gasteiger partial charge is 0.315 e. The highest BCUT2D eigenvalue weighted by atomic mass is 79.9. The Morgan fingerprint density at radius 1 is 1.67 bits per heavy atom. The van der Waals surface area contributed by atoms with Gasteiger partial charge in [-0.15, -0.1) is 0 Å². The van der Waals surface area contributed by atoms with Gasteiger partial charge in [0, 0.05) is 6.54 Å². The molecule has 4 heteroatoms. The van der Waals surface area contributed by atoms with Gasteiger partial charge in [0.2, 0.25) is 0 Å². The van der Waals surface area contributed by atoms with E-state index < -0.39 is 0 Å². The molecule has 1 rings (SSSR count). The van der Waals surface area contributed by atoms with E-state index in [0.29, 0.717) is 0 Å². The van der Waals surface area contributed by atoms with E-state index in [4.69, 9.17) is 12.2 Å². The number of aromatic nitrogens is 1. The van der Waals surface area contributed by atoms with E-state index in [-0.39, 0.29) is 0 Å². The van der Waals surface area contributed by atoms with Crippen LogP contribution in [-0.4, -0.2) is 17.0 Å². The van der Waals surface area contributed by atoms with Gasteiger partial charge in [-0.2, -0.15) is 0 Å². The van der Waals surface area contributed by atoms with Crippen molar-refractivity contribution in [2.24, 2.45) is 0 Å². The molecule has 0 atom stereocenters. The SMILES string of the molecule is CCN([C]=S)c1cccc(Br)n1. The van der Waals surface area contributed by atoms with Gasteiger partial charge in [0.1, 0.15) is 15.9 Å². The highest BCUT2D eigenvalue weighted by Crippen LogP contribution is 2.13. The molecule has 1 aromatic rings. The molecule has 0 amide bonds. The van der Waals surface area contributed by atoms with Crippen LogP contribution in [0.2, 0.25) is 0 Å². The van der Waals surface area contributed by atoms with Gasteiger partial charge in [-0.25, -0.2) is 4.98 Å². The molecule has 0 bridgehead atoms. The lowest BCUT2D eigenvalue weighted by atomic mass is 10.4. The zero-order valence-corrected chi connectivity index (χ0v) is 9.02. The minimum atomic E-state index is 0.785. The van der Waals surface area contributed by atoms with E-state index in [2.05, 4.69) is 26.4 Å². The lowest BCUT2D eigenvalue weighted by molar-refractivity contribution is 1.04. The Balaban J connectivity index is 2.93. The predicted molar refractivity (Wildman–Crippen MR) is 57.6 cm³/mol. The van der Waals surface area contributed by atoms with Crippen LogP contribution in [-0.2, 0) is 0 Å². The van der Waals surface area contributed by atoms with Crippen LogP contribution in [0.3, 0.4) is 0 Å². The minimum absolute atomic E-state index is 0.785. The molecule has 0 N–H and O–H groups in total. The minimum Gasteiger partial charge on any atom is -0.315 e. The Morgan fingerprint density at radius 3 is 2.92 bits per heavy atom. The van der Waals surface area contributed by atoms with Gasteiger partial charge in [0.05, 0.1) is 0 Å². The fourth-order valence-electron chi connectivity index (χ4n) is 0.821. The third-order valence-corrected chi connectivity index (χ3v) is 2.07. The summed E-state index contributed by atoms with van der Waals surface area (Å²) in [4.78, 5) is 6.01.